The Balaban J connectivity index is 1.77. The van der Waals surface area contributed by atoms with E-state index in [0.717, 1.165) is 22.4 Å². The molecule has 0 bridgehead atoms. The maximum atomic E-state index is 12.8. The molecule has 3 rings (SSSR count). The quantitative estimate of drug-likeness (QED) is 0.853. The second-order valence-corrected chi connectivity index (χ2v) is 7.45. The number of nitrogens with zero attached hydrogens (tertiary/aromatic N) is 1. The lowest BCUT2D eigenvalue weighted by molar-refractivity contribution is -0.122. The topological polar surface area (TPSA) is 58.6 Å². The van der Waals surface area contributed by atoms with Crippen LogP contribution in [-0.2, 0) is 9.59 Å². The van der Waals surface area contributed by atoms with E-state index in [4.69, 9.17) is 16.3 Å². The lowest BCUT2D eigenvalue weighted by Gasteiger charge is -2.18. The molecule has 0 saturated carbocycles. The van der Waals surface area contributed by atoms with Gasteiger partial charge in [0.05, 0.1) is 18.7 Å². The third-order valence-corrected chi connectivity index (χ3v) is 5.16. The number of nitrogens with one attached hydrogen (secondary N) is 1. The Kier molecular flexibility index (Phi) is 5.42. The van der Waals surface area contributed by atoms with Crippen LogP contribution in [0, 0.1) is 26.7 Å². The first-order valence-electron chi connectivity index (χ1n) is 8.82. The van der Waals surface area contributed by atoms with Crippen LogP contribution in [0.4, 0.5) is 11.4 Å². The van der Waals surface area contributed by atoms with Gasteiger partial charge in [-0.3, -0.25) is 9.59 Å². The molecule has 0 radical (unpaired) electrons. The normalized spacial score (nSPS) is 16.6. The van der Waals surface area contributed by atoms with E-state index in [1.54, 1.807) is 17.0 Å². The van der Waals surface area contributed by atoms with Crippen molar-refractivity contribution in [1.82, 2.24) is 0 Å². The van der Waals surface area contributed by atoms with Crippen LogP contribution in [0.5, 0.6) is 5.75 Å². The second kappa shape index (κ2) is 7.61. The summed E-state index contributed by atoms with van der Waals surface area (Å²) in [6.07, 6.45) is 0.188. The highest BCUT2D eigenvalue weighted by Crippen LogP contribution is 2.33. The number of methoxy groups -OCH3 is 1. The average molecular weight is 387 g/mol. The third-order valence-electron chi connectivity index (χ3n) is 4.75. The maximum Gasteiger partial charge on any atom is 0.229 e. The monoisotopic (exact) mass is 386 g/mol. The molecule has 6 heteroatoms. The first-order chi connectivity index (χ1) is 12.8. The summed E-state index contributed by atoms with van der Waals surface area (Å²) in [5.74, 6) is -0.164. The molecule has 1 atom stereocenters. The van der Waals surface area contributed by atoms with Crippen molar-refractivity contribution in [3.63, 3.8) is 0 Å². The Morgan fingerprint density at radius 2 is 1.81 bits per heavy atom. The second-order valence-electron chi connectivity index (χ2n) is 7.04. The molecule has 1 aliphatic rings. The minimum atomic E-state index is -0.418. The van der Waals surface area contributed by atoms with Gasteiger partial charge in [-0.15, -0.1) is 0 Å². The smallest absolute Gasteiger partial charge is 0.229 e. The van der Waals surface area contributed by atoms with Gasteiger partial charge < -0.3 is 15.0 Å². The van der Waals surface area contributed by atoms with E-state index < -0.39 is 5.92 Å². The molecule has 1 saturated heterocycles. The number of hydrogen-bond donors (Lipinski definition) is 1. The Morgan fingerprint density at radius 1 is 1.15 bits per heavy atom. The summed E-state index contributed by atoms with van der Waals surface area (Å²) in [6.45, 7) is 6.22. The van der Waals surface area contributed by atoms with Gasteiger partial charge in [0.2, 0.25) is 11.8 Å². The maximum absolute atomic E-state index is 12.8. The highest BCUT2D eigenvalue weighted by Gasteiger charge is 2.35. The number of rotatable bonds is 4. The molecular weight excluding hydrogens is 364 g/mol. The van der Waals surface area contributed by atoms with Crippen molar-refractivity contribution in [2.75, 3.05) is 23.9 Å². The molecule has 2 aromatic carbocycles. The molecule has 0 aliphatic carbocycles. The highest BCUT2D eigenvalue weighted by atomic mass is 35.5. The first-order valence-corrected chi connectivity index (χ1v) is 9.20. The summed E-state index contributed by atoms with van der Waals surface area (Å²) in [7, 11) is 1.53. The number of benzene rings is 2. The first kappa shape index (κ1) is 19.2. The number of carbonyl (C=O) groups excluding carboxylic acids is 2. The van der Waals surface area contributed by atoms with Crippen molar-refractivity contribution < 1.29 is 14.3 Å². The van der Waals surface area contributed by atoms with Gasteiger partial charge in [-0.25, -0.2) is 0 Å². The molecule has 1 aliphatic heterocycles. The minimum absolute atomic E-state index is 0.0422. The Morgan fingerprint density at radius 3 is 2.44 bits per heavy atom. The van der Waals surface area contributed by atoms with Crippen molar-refractivity contribution in [1.29, 1.82) is 0 Å². The molecule has 2 amide bonds. The molecule has 1 heterocycles. The summed E-state index contributed by atoms with van der Waals surface area (Å²) in [6, 6.07) is 9.45. The molecule has 1 unspecified atom stereocenters. The van der Waals surface area contributed by atoms with Crippen molar-refractivity contribution in [2.45, 2.75) is 27.2 Å². The van der Waals surface area contributed by atoms with Gasteiger partial charge in [0.15, 0.2) is 0 Å². The zero-order valence-electron chi connectivity index (χ0n) is 15.9. The van der Waals surface area contributed by atoms with Gasteiger partial charge in [0.25, 0.3) is 0 Å². The number of ether oxygens (including phenoxy) is 1. The van der Waals surface area contributed by atoms with Crippen LogP contribution in [0.25, 0.3) is 0 Å². The van der Waals surface area contributed by atoms with Gasteiger partial charge in [-0.05, 0) is 55.7 Å². The van der Waals surface area contributed by atoms with E-state index in [1.807, 2.05) is 32.9 Å². The number of carbonyl (C=O) groups is 2. The van der Waals surface area contributed by atoms with Gasteiger partial charge >= 0.3 is 0 Å². The molecular formula is C21H23ClN2O3. The SMILES string of the molecule is COc1cc(Cl)c(C)cc1NC(=O)C1CC(=O)N(c2cc(C)cc(C)c2)C1. The molecule has 27 heavy (non-hydrogen) atoms. The van der Waals surface area contributed by atoms with Crippen LogP contribution in [0.2, 0.25) is 5.02 Å². The number of aryl methyl sites for hydroxylation is 3. The fourth-order valence-electron chi connectivity index (χ4n) is 3.40. The summed E-state index contributed by atoms with van der Waals surface area (Å²) in [4.78, 5) is 26.9. The third kappa shape index (κ3) is 4.08. The van der Waals surface area contributed by atoms with E-state index in [9.17, 15) is 9.59 Å². The molecule has 1 N–H and O–H groups in total. The molecule has 142 valence electrons. The lowest BCUT2D eigenvalue weighted by Crippen LogP contribution is -2.28. The summed E-state index contributed by atoms with van der Waals surface area (Å²) >= 11 is 6.12. The van der Waals surface area contributed by atoms with E-state index in [-0.39, 0.29) is 18.2 Å². The van der Waals surface area contributed by atoms with Crippen LogP contribution in [0.1, 0.15) is 23.1 Å². The predicted octanol–water partition coefficient (Wildman–Crippen LogP) is 4.27. The fraction of sp³-hybridized carbons (Fsp3) is 0.333. The molecule has 0 spiro atoms. The molecule has 5 nitrogen and oxygen atoms in total. The zero-order valence-corrected chi connectivity index (χ0v) is 16.7. The van der Waals surface area contributed by atoms with Crippen LogP contribution in [0.15, 0.2) is 30.3 Å². The van der Waals surface area contributed by atoms with Gasteiger partial charge in [-0.1, -0.05) is 17.7 Å². The lowest BCUT2D eigenvalue weighted by atomic mass is 10.1. The fourth-order valence-corrected chi connectivity index (χ4v) is 3.56. The standard InChI is InChI=1S/C21H23ClN2O3/c1-12-5-13(2)7-16(6-12)24-11-15(9-20(24)25)21(26)23-18-8-14(3)17(22)10-19(18)27-4/h5-8,10,15H,9,11H2,1-4H3,(H,23,26). The van der Waals surface area contributed by atoms with Gasteiger partial charge in [-0.2, -0.15) is 0 Å². The van der Waals surface area contributed by atoms with E-state index >= 15 is 0 Å². The minimum Gasteiger partial charge on any atom is -0.495 e. The van der Waals surface area contributed by atoms with Crippen LogP contribution >= 0.6 is 11.6 Å². The average Bonchev–Trinajstić information content (AvgIpc) is 2.99. The Labute approximate surface area is 164 Å². The Hall–Kier alpha value is -2.53. The van der Waals surface area contributed by atoms with E-state index in [1.165, 1.54) is 7.11 Å². The van der Waals surface area contributed by atoms with Gasteiger partial charge in [0.1, 0.15) is 5.75 Å². The van der Waals surface area contributed by atoms with Crippen LogP contribution in [0.3, 0.4) is 0 Å². The van der Waals surface area contributed by atoms with Crippen molar-refractivity contribution in [2.24, 2.45) is 5.92 Å². The number of amides is 2. The summed E-state index contributed by atoms with van der Waals surface area (Å²) in [5.41, 5.74) is 4.42. The predicted molar refractivity (Wildman–Crippen MR) is 108 cm³/mol. The molecule has 0 aromatic heterocycles. The van der Waals surface area contributed by atoms with E-state index in [0.29, 0.717) is 23.0 Å². The van der Waals surface area contributed by atoms with Gasteiger partial charge in [0, 0.05) is 29.7 Å². The zero-order chi connectivity index (χ0) is 19.7. The van der Waals surface area contributed by atoms with E-state index in [2.05, 4.69) is 11.4 Å². The summed E-state index contributed by atoms with van der Waals surface area (Å²) in [5, 5.41) is 3.46. The van der Waals surface area contributed by atoms with Crippen molar-refractivity contribution >= 4 is 34.8 Å². The van der Waals surface area contributed by atoms with Crippen molar-refractivity contribution in [3.8, 4) is 5.75 Å². The largest absolute Gasteiger partial charge is 0.495 e. The van der Waals surface area contributed by atoms with Crippen LogP contribution < -0.4 is 15.0 Å². The Bertz CT molecular complexity index is 890. The van der Waals surface area contributed by atoms with Crippen LogP contribution in [-0.4, -0.2) is 25.5 Å². The summed E-state index contributed by atoms with van der Waals surface area (Å²) < 4.78 is 5.31. The molecule has 1 fully saturated rings. The molecule has 2 aromatic rings. The number of hydrogen-bond acceptors (Lipinski definition) is 3. The highest BCUT2D eigenvalue weighted by molar-refractivity contribution is 6.31. The number of anilines is 2. The van der Waals surface area contributed by atoms with Crippen molar-refractivity contribution in [3.05, 3.63) is 52.0 Å². The number of halogens is 1.